The lowest BCUT2D eigenvalue weighted by Gasteiger charge is -2.22. The van der Waals surface area contributed by atoms with E-state index < -0.39 is 29.8 Å². The molecule has 0 spiro atoms. The molecule has 0 aromatic carbocycles. The van der Waals surface area contributed by atoms with Crippen LogP contribution in [-0.2, 0) is 9.53 Å². The van der Waals surface area contributed by atoms with Crippen LogP contribution in [0, 0.1) is 0 Å². The molecule has 2 atom stereocenters. The largest absolute Gasteiger partial charge is 0.480 e. The molecule has 3 N–H and O–H groups in total. The zero-order valence-electron chi connectivity index (χ0n) is 10.7. The van der Waals surface area contributed by atoms with E-state index in [1.165, 1.54) is 0 Å². The Morgan fingerprint density at radius 3 is 2.18 bits per heavy atom. The summed E-state index contributed by atoms with van der Waals surface area (Å²) < 4.78 is 4.95. The molecule has 0 rings (SSSR count). The van der Waals surface area contributed by atoms with E-state index in [0.29, 0.717) is 6.42 Å². The Balaban J connectivity index is 4.26. The second-order valence-corrected chi connectivity index (χ2v) is 4.96. The fourth-order valence-electron chi connectivity index (χ4n) is 1.12. The summed E-state index contributed by atoms with van der Waals surface area (Å²) in [5.41, 5.74) is -0.669. The number of ether oxygens (including phenoxy) is 1. The molecule has 6 nitrogen and oxygen atoms in total. The smallest absolute Gasteiger partial charge is 0.408 e. The van der Waals surface area contributed by atoms with Gasteiger partial charge in [-0.3, -0.25) is 0 Å². The first-order valence-electron chi connectivity index (χ1n) is 5.52. The van der Waals surface area contributed by atoms with Gasteiger partial charge >= 0.3 is 12.1 Å². The number of alkyl carbamates (subject to hydrolysis) is 1. The van der Waals surface area contributed by atoms with Gasteiger partial charge in [0.1, 0.15) is 11.6 Å². The van der Waals surface area contributed by atoms with Crippen molar-refractivity contribution in [2.24, 2.45) is 0 Å². The Hall–Kier alpha value is -1.30. The second kappa shape index (κ2) is 6.44. The van der Waals surface area contributed by atoms with Gasteiger partial charge < -0.3 is 20.3 Å². The van der Waals surface area contributed by atoms with Crippen LogP contribution in [0.4, 0.5) is 4.79 Å². The molecule has 0 fully saturated rings. The number of amides is 1. The fraction of sp³-hybridized carbons (Fsp3) is 0.818. The number of aliphatic carboxylic acids is 1. The van der Waals surface area contributed by atoms with Crippen molar-refractivity contribution in [3.8, 4) is 0 Å². The van der Waals surface area contributed by atoms with Crippen molar-refractivity contribution in [1.29, 1.82) is 0 Å². The third kappa shape index (κ3) is 8.50. The van der Waals surface area contributed by atoms with E-state index in [1.807, 2.05) is 0 Å². The molecule has 0 heterocycles. The van der Waals surface area contributed by atoms with Crippen molar-refractivity contribution in [3.05, 3.63) is 0 Å². The number of rotatable bonds is 5. The van der Waals surface area contributed by atoms with E-state index in [2.05, 4.69) is 5.32 Å². The zero-order chi connectivity index (χ0) is 13.6. The number of carboxylic acids is 1. The van der Waals surface area contributed by atoms with E-state index in [9.17, 15) is 9.59 Å². The molecule has 0 aliphatic heterocycles. The second-order valence-electron chi connectivity index (χ2n) is 4.96. The van der Waals surface area contributed by atoms with Gasteiger partial charge in [0.15, 0.2) is 0 Å². The summed E-state index contributed by atoms with van der Waals surface area (Å²) in [5, 5.41) is 20.2. The van der Waals surface area contributed by atoms with Crippen molar-refractivity contribution >= 4 is 12.1 Å². The van der Waals surface area contributed by atoms with E-state index >= 15 is 0 Å². The highest BCUT2D eigenvalue weighted by atomic mass is 16.6. The summed E-state index contributed by atoms with van der Waals surface area (Å²) in [4.78, 5) is 22.2. The Kier molecular flexibility index (Phi) is 5.95. The highest BCUT2D eigenvalue weighted by Crippen LogP contribution is 2.08. The number of hydrogen-bond donors (Lipinski definition) is 3. The van der Waals surface area contributed by atoms with Crippen molar-refractivity contribution < 1.29 is 24.5 Å². The molecule has 17 heavy (non-hydrogen) atoms. The molecule has 6 heteroatoms. The molecular weight excluding hydrogens is 226 g/mol. The van der Waals surface area contributed by atoms with E-state index in [0.717, 1.165) is 0 Å². The van der Waals surface area contributed by atoms with Crippen LogP contribution in [0.25, 0.3) is 0 Å². The number of carbonyl (C=O) groups excluding carboxylic acids is 1. The Morgan fingerprint density at radius 2 is 1.82 bits per heavy atom. The molecule has 0 radical (unpaired) electrons. The summed E-state index contributed by atoms with van der Waals surface area (Å²) >= 11 is 0. The molecule has 0 aliphatic rings. The van der Waals surface area contributed by atoms with Crippen LogP contribution in [0.1, 0.15) is 40.5 Å². The molecular formula is C11H21NO5. The molecule has 0 aliphatic carbocycles. The highest BCUT2D eigenvalue weighted by molar-refractivity contribution is 5.79. The Bertz CT molecular complexity index is 270. The Morgan fingerprint density at radius 1 is 1.29 bits per heavy atom. The minimum atomic E-state index is -1.14. The van der Waals surface area contributed by atoms with E-state index in [1.54, 1.807) is 27.7 Å². The van der Waals surface area contributed by atoms with Gasteiger partial charge in [0.25, 0.3) is 0 Å². The summed E-state index contributed by atoms with van der Waals surface area (Å²) in [6.07, 6.45) is -0.910. The number of nitrogens with one attached hydrogen (secondary N) is 1. The fourth-order valence-corrected chi connectivity index (χ4v) is 1.12. The van der Waals surface area contributed by atoms with Gasteiger partial charge in [-0.05, 0) is 40.5 Å². The maximum Gasteiger partial charge on any atom is 0.408 e. The maximum absolute atomic E-state index is 11.4. The number of aliphatic hydroxyl groups is 1. The number of hydrogen-bond acceptors (Lipinski definition) is 4. The standard InChI is InChI=1S/C11H21NO5/c1-7(13)5-6-8(9(14)15)12-10(16)17-11(2,3)4/h7-8,13H,5-6H2,1-4H3,(H,12,16)(H,14,15)/t7?,8-/m0/s1. The van der Waals surface area contributed by atoms with Gasteiger partial charge in [-0.15, -0.1) is 0 Å². The van der Waals surface area contributed by atoms with Crippen LogP contribution in [0.3, 0.4) is 0 Å². The first kappa shape index (κ1) is 15.7. The molecule has 0 aromatic rings. The van der Waals surface area contributed by atoms with E-state index in [-0.39, 0.29) is 6.42 Å². The minimum absolute atomic E-state index is 0.159. The highest BCUT2D eigenvalue weighted by Gasteiger charge is 2.23. The third-order valence-electron chi connectivity index (χ3n) is 1.86. The topological polar surface area (TPSA) is 95.9 Å². The summed E-state index contributed by atoms with van der Waals surface area (Å²) in [6, 6.07) is -1.04. The number of carbonyl (C=O) groups is 2. The van der Waals surface area contributed by atoms with E-state index in [4.69, 9.17) is 14.9 Å². The van der Waals surface area contributed by atoms with Crippen LogP contribution < -0.4 is 5.32 Å². The van der Waals surface area contributed by atoms with Crippen LogP contribution in [0.2, 0.25) is 0 Å². The van der Waals surface area contributed by atoms with Crippen LogP contribution in [0.5, 0.6) is 0 Å². The first-order valence-corrected chi connectivity index (χ1v) is 5.52. The quantitative estimate of drug-likeness (QED) is 0.676. The lowest BCUT2D eigenvalue weighted by atomic mass is 10.1. The van der Waals surface area contributed by atoms with Gasteiger partial charge in [-0.1, -0.05) is 0 Å². The SMILES string of the molecule is CC(O)CC[C@H](NC(=O)OC(C)(C)C)C(=O)O. The van der Waals surface area contributed by atoms with Crippen molar-refractivity contribution in [1.82, 2.24) is 5.32 Å². The molecule has 100 valence electrons. The van der Waals surface area contributed by atoms with Gasteiger partial charge in [0, 0.05) is 0 Å². The Labute approximate surface area is 101 Å². The molecule has 1 amide bonds. The lowest BCUT2D eigenvalue weighted by Crippen LogP contribution is -2.43. The minimum Gasteiger partial charge on any atom is -0.480 e. The normalized spacial score (nSPS) is 14.9. The molecule has 0 saturated carbocycles. The summed E-state index contributed by atoms with van der Waals surface area (Å²) in [5.74, 6) is -1.14. The average Bonchev–Trinajstić information content (AvgIpc) is 2.08. The van der Waals surface area contributed by atoms with Crippen LogP contribution >= 0.6 is 0 Å². The van der Waals surface area contributed by atoms with Crippen molar-refractivity contribution in [2.45, 2.75) is 58.3 Å². The average molecular weight is 247 g/mol. The van der Waals surface area contributed by atoms with Gasteiger partial charge in [-0.2, -0.15) is 0 Å². The van der Waals surface area contributed by atoms with Gasteiger partial charge in [0.2, 0.25) is 0 Å². The lowest BCUT2D eigenvalue weighted by molar-refractivity contribution is -0.139. The zero-order valence-corrected chi connectivity index (χ0v) is 10.7. The van der Waals surface area contributed by atoms with Gasteiger partial charge in [-0.25, -0.2) is 9.59 Å². The predicted molar refractivity (Wildman–Crippen MR) is 61.7 cm³/mol. The van der Waals surface area contributed by atoms with Crippen LogP contribution in [0.15, 0.2) is 0 Å². The number of aliphatic hydroxyl groups excluding tert-OH is 1. The monoisotopic (exact) mass is 247 g/mol. The molecule has 0 bridgehead atoms. The van der Waals surface area contributed by atoms with Crippen LogP contribution in [-0.4, -0.2) is 40.0 Å². The summed E-state index contributed by atoms with van der Waals surface area (Å²) in [7, 11) is 0. The van der Waals surface area contributed by atoms with Crippen molar-refractivity contribution in [2.75, 3.05) is 0 Å². The molecule has 1 unspecified atom stereocenters. The first-order chi connectivity index (χ1) is 7.61. The number of carboxylic acid groups (broad SMARTS) is 1. The third-order valence-corrected chi connectivity index (χ3v) is 1.86. The maximum atomic E-state index is 11.4. The predicted octanol–water partition coefficient (Wildman–Crippen LogP) is 1.13. The molecule has 0 aromatic heterocycles. The molecule has 0 saturated heterocycles. The summed E-state index contributed by atoms with van der Waals surface area (Å²) in [6.45, 7) is 6.64. The van der Waals surface area contributed by atoms with Gasteiger partial charge in [0.05, 0.1) is 6.10 Å². The van der Waals surface area contributed by atoms with Crippen molar-refractivity contribution in [3.63, 3.8) is 0 Å².